The van der Waals surface area contributed by atoms with Gasteiger partial charge in [0.05, 0.1) is 9.91 Å². The number of hydrogen-bond donors (Lipinski definition) is 1. The monoisotopic (exact) mass is 188 g/mol. The molecule has 0 fully saturated rings. The van der Waals surface area contributed by atoms with E-state index in [9.17, 15) is 4.79 Å². The lowest BCUT2D eigenvalue weighted by atomic mass is 10.2. The van der Waals surface area contributed by atoms with Crippen molar-refractivity contribution in [2.75, 3.05) is 0 Å². The summed E-state index contributed by atoms with van der Waals surface area (Å²) in [5.41, 5.74) is 0.0851. The molecule has 1 aromatic rings. The summed E-state index contributed by atoms with van der Waals surface area (Å²) in [6, 6.07) is 3.29. The molecule has 0 radical (unpaired) electrons. The van der Waals surface area contributed by atoms with Crippen LogP contribution in [0.25, 0.3) is 5.57 Å². The number of aliphatic carboxylic acids is 1. The molecule has 0 saturated heterocycles. The number of rotatable bonds is 2. The minimum atomic E-state index is -1.01. The fraction of sp³-hybridized carbons (Fsp3) is 0. The summed E-state index contributed by atoms with van der Waals surface area (Å²) in [6.45, 7) is 3.39. The van der Waals surface area contributed by atoms with Gasteiger partial charge in [-0.2, -0.15) is 0 Å². The molecule has 0 aliphatic rings. The minimum absolute atomic E-state index is 0.0851. The van der Waals surface area contributed by atoms with E-state index < -0.39 is 5.97 Å². The fourth-order valence-electron chi connectivity index (χ4n) is 0.582. The predicted octanol–water partition coefficient (Wildman–Crippen LogP) is 2.50. The minimum Gasteiger partial charge on any atom is -0.478 e. The molecule has 0 aromatic carbocycles. The molecule has 0 amide bonds. The van der Waals surface area contributed by atoms with Crippen LogP contribution in [0.1, 0.15) is 4.88 Å². The highest BCUT2D eigenvalue weighted by Gasteiger charge is 2.08. The Labute approximate surface area is 72.7 Å². The van der Waals surface area contributed by atoms with Gasteiger partial charge in [-0.3, -0.25) is 0 Å². The standard InChI is InChI=1S/C7H5ClO2S/c1-4(7(9)10)5-2-3-6(8)11-5/h2-3H,1H2,(H,9,10). The highest BCUT2D eigenvalue weighted by Crippen LogP contribution is 2.26. The van der Waals surface area contributed by atoms with Crippen LogP contribution in [0.2, 0.25) is 4.34 Å². The molecule has 0 unspecified atom stereocenters. The molecule has 0 saturated carbocycles. The van der Waals surface area contributed by atoms with Crippen molar-refractivity contribution >= 4 is 34.5 Å². The quantitative estimate of drug-likeness (QED) is 0.725. The van der Waals surface area contributed by atoms with Gasteiger partial charge in [-0.1, -0.05) is 18.2 Å². The van der Waals surface area contributed by atoms with E-state index in [1.807, 2.05) is 0 Å². The van der Waals surface area contributed by atoms with Gasteiger partial charge in [0.1, 0.15) is 0 Å². The molecule has 0 aliphatic carbocycles. The first-order chi connectivity index (χ1) is 5.11. The van der Waals surface area contributed by atoms with Crippen molar-refractivity contribution in [1.29, 1.82) is 0 Å². The number of carboxylic acid groups (broad SMARTS) is 1. The predicted molar refractivity (Wildman–Crippen MR) is 46.0 cm³/mol. The van der Waals surface area contributed by atoms with Crippen LogP contribution in [-0.4, -0.2) is 11.1 Å². The molecule has 1 aromatic heterocycles. The second-order valence-corrected chi connectivity index (χ2v) is 3.60. The van der Waals surface area contributed by atoms with Crippen molar-refractivity contribution < 1.29 is 9.90 Å². The Morgan fingerprint density at radius 3 is 2.64 bits per heavy atom. The summed E-state index contributed by atoms with van der Waals surface area (Å²) >= 11 is 6.80. The van der Waals surface area contributed by atoms with E-state index in [0.717, 1.165) is 0 Å². The Morgan fingerprint density at radius 1 is 1.64 bits per heavy atom. The second kappa shape index (κ2) is 3.07. The summed E-state index contributed by atoms with van der Waals surface area (Å²) in [6.07, 6.45) is 0. The Bertz CT molecular complexity index is 303. The molecular formula is C7H5ClO2S. The Morgan fingerprint density at radius 2 is 2.27 bits per heavy atom. The van der Waals surface area contributed by atoms with Crippen LogP contribution in [0, 0.1) is 0 Å². The van der Waals surface area contributed by atoms with E-state index in [4.69, 9.17) is 16.7 Å². The largest absolute Gasteiger partial charge is 0.478 e. The van der Waals surface area contributed by atoms with E-state index in [2.05, 4.69) is 6.58 Å². The van der Waals surface area contributed by atoms with Crippen LogP contribution in [0.5, 0.6) is 0 Å². The van der Waals surface area contributed by atoms with Gasteiger partial charge in [-0.15, -0.1) is 11.3 Å². The molecule has 11 heavy (non-hydrogen) atoms. The summed E-state index contributed by atoms with van der Waals surface area (Å²) in [5, 5.41) is 8.51. The number of carbonyl (C=O) groups is 1. The SMILES string of the molecule is C=C(C(=O)O)c1ccc(Cl)s1. The maximum Gasteiger partial charge on any atom is 0.336 e. The third-order valence-corrected chi connectivity index (χ3v) is 2.42. The highest BCUT2D eigenvalue weighted by molar-refractivity contribution is 7.17. The van der Waals surface area contributed by atoms with Crippen LogP contribution < -0.4 is 0 Å². The van der Waals surface area contributed by atoms with Crippen molar-refractivity contribution in [3.05, 3.63) is 27.9 Å². The van der Waals surface area contributed by atoms with E-state index >= 15 is 0 Å². The molecule has 1 heterocycles. The van der Waals surface area contributed by atoms with Gasteiger partial charge < -0.3 is 5.11 Å². The van der Waals surface area contributed by atoms with Crippen molar-refractivity contribution in [2.24, 2.45) is 0 Å². The molecule has 0 bridgehead atoms. The molecule has 1 N–H and O–H groups in total. The lowest BCUT2D eigenvalue weighted by Gasteiger charge is -1.91. The molecule has 4 heteroatoms. The van der Waals surface area contributed by atoms with E-state index in [1.165, 1.54) is 11.3 Å². The van der Waals surface area contributed by atoms with E-state index in [-0.39, 0.29) is 5.57 Å². The third kappa shape index (κ3) is 1.82. The first-order valence-corrected chi connectivity index (χ1v) is 3.98. The summed E-state index contributed by atoms with van der Waals surface area (Å²) < 4.78 is 0.572. The number of carboxylic acids is 1. The molecule has 1 rings (SSSR count). The van der Waals surface area contributed by atoms with Crippen LogP contribution >= 0.6 is 22.9 Å². The lowest BCUT2D eigenvalue weighted by Crippen LogP contribution is -1.94. The molecule has 0 aliphatic heterocycles. The maximum atomic E-state index is 10.4. The molecule has 0 spiro atoms. The summed E-state index contributed by atoms with van der Waals surface area (Å²) in [7, 11) is 0. The van der Waals surface area contributed by atoms with Crippen molar-refractivity contribution in [2.45, 2.75) is 0 Å². The van der Waals surface area contributed by atoms with Gasteiger partial charge in [0.2, 0.25) is 0 Å². The first-order valence-electron chi connectivity index (χ1n) is 2.79. The fourth-order valence-corrected chi connectivity index (χ4v) is 1.59. The number of thiophene rings is 1. The van der Waals surface area contributed by atoms with Gasteiger partial charge in [0.15, 0.2) is 0 Å². The van der Waals surface area contributed by atoms with Crippen molar-refractivity contribution in [1.82, 2.24) is 0 Å². The van der Waals surface area contributed by atoms with Crippen LogP contribution in [0.15, 0.2) is 18.7 Å². The zero-order chi connectivity index (χ0) is 8.43. The van der Waals surface area contributed by atoms with Crippen molar-refractivity contribution in [3.63, 3.8) is 0 Å². The topological polar surface area (TPSA) is 37.3 Å². The van der Waals surface area contributed by atoms with Crippen molar-refractivity contribution in [3.8, 4) is 0 Å². The summed E-state index contributed by atoms with van der Waals surface area (Å²) in [4.78, 5) is 11.0. The molecule has 0 atom stereocenters. The van der Waals surface area contributed by atoms with Crippen LogP contribution in [0.4, 0.5) is 0 Å². The zero-order valence-corrected chi connectivity index (χ0v) is 7.08. The maximum absolute atomic E-state index is 10.4. The average molecular weight is 189 g/mol. The van der Waals surface area contributed by atoms with Crippen LogP contribution in [-0.2, 0) is 4.79 Å². The van der Waals surface area contributed by atoms with Gasteiger partial charge in [0, 0.05) is 4.88 Å². The molecular weight excluding hydrogens is 184 g/mol. The van der Waals surface area contributed by atoms with Gasteiger partial charge >= 0.3 is 5.97 Å². The van der Waals surface area contributed by atoms with Gasteiger partial charge in [-0.25, -0.2) is 4.79 Å². The van der Waals surface area contributed by atoms with Crippen LogP contribution in [0.3, 0.4) is 0 Å². The molecule has 2 nitrogen and oxygen atoms in total. The first kappa shape index (κ1) is 8.30. The van der Waals surface area contributed by atoms with E-state index in [0.29, 0.717) is 9.21 Å². The van der Waals surface area contributed by atoms with E-state index in [1.54, 1.807) is 12.1 Å². The Kier molecular flexibility index (Phi) is 2.31. The average Bonchev–Trinajstić information content (AvgIpc) is 2.34. The lowest BCUT2D eigenvalue weighted by molar-refractivity contribution is -0.130. The smallest absolute Gasteiger partial charge is 0.336 e. The van der Waals surface area contributed by atoms with Gasteiger partial charge in [0.25, 0.3) is 0 Å². The Balaban J connectivity index is 2.94. The third-order valence-electron chi connectivity index (χ3n) is 1.13. The highest BCUT2D eigenvalue weighted by atomic mass is 35.5. The molecule has 58 valence electrons. The normalized spacial score (nSPS) is 9.55. The summed E-state index contributed by atoms with van der Waals surface area (Å²) in [5.74, 6) is -1.01. The zero-order valence-electron chi connectivity index (χ0n) is 5.50. The second-order valence-electron chi connectivity index (χ2n) is 1.89. The van der Waals surface area contributed by atoms with Gasteiger partial charge in [-0.05, 0) is 12.1 Å². The Hall–Kier alpha value is -0.800. The number of halogens is 1. The number of hydrogen-bond acceptors (Lipinski definition) is 2.